The first kappa shape index (κ1) is 15.5. The second-order valence-corrected chi connectivity index (χ2v) is 5.66. The molecule has 1 saturated carbocycles. The van der Waals surface area contributed by atoms with E-state index in [0.29, 0.717) is 18.8 Å². The Hall–Kier alpha value is -0.840. The lowest BCUT2D eigenvalue weighted by molar-refractivity contribution is -0.0195. The number of rotatable bonds is 6. The minimum Gasteiger partial charge on any atom is -0.389 e. The average molecular weight is 302 g/mol. The summed E-state index contributed by atoms with van der Waals surface area (Å²) in [7, 11) is 0. The molecule has 0 aromatic heterocycles. The summed E-state index contributed by atoms with van der Waals surface area (Å²) in [4.78, 5) is 0. The number of nitrogens with one attached hydrogen (secondary N) is 1. The lowest BCUT2D eigenvalue weighted by Gasteiger charge is -2.23. The second-order valence-electron chi connectivity index (χ2n) is 5.26. The van der Waals surface area contributed by atoms with Gasteiger partial charge in [-0.25, -0.2) is 4.39 Å². The van der Waals surface area contributed by atoms with E-state index in [9.17, 15) is 9.50 Å². The third-order valence-electron chi connectivity index (χ3n) is 3.54. The molecule has 2 N–H and O–H groups in total. The van der Waals surface area contributed by atoms with Crippen LogP contribution in [0.15, 0.2) is 18.2 Å². The van der Waals surface area contributed by atoms with Crippen molar-refractivity contribution in [3.8, 4) is 0 Å². The molecule has 1 aliphatic carbocycles. The molecule has 0 amide bonds. The van der Waals surface area contributed by atoms with Gasteiger partial charge in [0.25, 0.3) is 0 Å². The Morgan fingerprint density at radius 1 is 1.35 bits per heavy atom. The first-order valence-electron chi connectivity index (χ1n) is 7.14. The van der Waals surface area contributed by atoms with E-state index >= 15 is 0 Å². The molecule has 0 spiro atoms. The Balaban J connectivity index is 1.68. The van der Waals surface area contributed by atoms with Crippen molar-refractivity contribution >= 4 is 17.3 Å². The van der Waals surface area contributed by atoms with Crippen molar-refractivity contribution in [2.24, 2.45) is 0 Å². The molecule has 1 aromatic rings. The smallest absolute Gasteiger partial charge is 0.143 e. The molecule has 1 aromatic carbocycles. The molecule has 112 valence electrons. The quantitative estimate of drug-likeness (QED) is 0.843. The van der Waals surface area contributed by atoms with Crippen LogP contribution < -0.4 is 5.32 Å². The van der Waals surface area contributed by atoms with Gasteiger partial charge >= 0.3 is 0 Å². The zero-order chi connectivity index (χ0) is 14.4. The summed E-state index contributed by atoms with van der Waals surface area (Å²) in [5, 5.41) is 12.9. The van der Waals surface area contributed by atoms with Gasteiger partial charge in [0.05, 0.1) is 23.8 Å². The van der Waals surface area contributed by atoms with Crippen molar-refractivity contribution < 1.29 is 14.2 Å². The molecular formula is C15H21ClFNO2. The summed E-state index contributed by atoms with van der Waals surface area (Å²) in [6.45, 7) is 0.640. The van der Waals surface area contributed by atoms with Crippen LogP contribution in [0.3, 0.4) is 0 Å². The van der Waals surface area contributed by atoms with Crippen molar-refractivity contribution in [3.05, 3.63) is 29.0 Å². The summed E-state index contributed by atoms with van der Waals surface area (Å²) >= 11 is 5.61. The summed E-state index contributed by atoms with van der Waals surface area (Å²) in [6, 6.07) is 4.49. The molecule has 1 unspecified atom stereocenters. The molecule has 0 bridgehead atoms. The minimum absolute atomic E-state index is 0.0942. The van der Waals surface area contributed by atoms with Crippen molar-refractivity contribution in [2.45, 2.75) is 44.3 Å². The highest BCUT2D eigenvalue weighted by atomic mass is 35.5. The van der Waals surface area contributed by atoms with Crippen LogP contribution in [-0.4, -0.2) is 30.5 Å². The van der Waals surface area contributed by atoms with Gasteiger partial charge < -0.3 is 15.2 Å². The third kappa shape index (κ3) is 4.93. The zero-order valence-corrected chi connectivity index (χ0v) is 12.2. The fourth-order valence-electron chi connectivity index (χ4n) is 2.38. The van der Waals surface area contributed by atoms with Crippen LogP contribution in [0.4, 0.5) is 10.1 Å². The van der Waals surface area contributed by atoms with Gasteiger partial charge in [-0.15, -0.1) is 0 Å². The Labute approximate surface area is 124 Å². The van der Waals surface area contributed by atoms with Crippen LogP contribution in [0.5, 0.6) is 0 Å². The Morgan fingerprint density at radius 3 is 2.80 bits per heavy atom. The first-order chi connectivity index (χ1) is 9.65. The highest BCUT2D eigenvalue weighted by Gasteiger charge is 2.15. The van der Waals surface area contributed by atoms with E-state index in [-0.39, 0.29) is 11.1 Å². The van der Waals surface area contributed by atoms with E-state index < -0.39 is 11.9 Å². The lowest BCUT2D eigenvalue weighted by atomic mass is 9.98. The van der Waals surface area contributed by atoms with Gasteiger partial charge in [0.1, 0.15) is 5.82 Å². The molecule has 3 nitrogen and oxygen atoms in total. The van der Waals surface area contributed by atoms with Gasteiger partial charge in [-0.1, -0.05) is 30.9 Å². The zero-order valence-electron chi connectivity index (χ0n) is 11.4. The summed E-state index contributed by atoms with van der Waals surface area (Å²) in [6.07, 6.45) is 5.56. The Bertz CT molecular complexity index is 424. The molecule has 0 radical (unpaired) electrons. The predicted molar refractivity (Wildman–Crippen MR) is 78.7 cm³/mol. The fourth-order valence-corrected chi connectivity index (χ4v) is 2.50. The maximum Gasteiger partial charge on any atom is 0.143 e. The fraction of sp³-hybridized carbons (Fsp3) is 0.600. The number of halogens is 2. The number of hydrogen-bond donors (Lipinski definition) is 2. The standard InChI is InChI=1S/C15H21ClFNO2/c16-14-7-6-11(8-15(14)17)18-9-12(19)10-20-13-4-2-1-3-5-13/h6-8,12-13,18-19H,1-5,9-10H2. The number of benzene rings is 1. The monoisotopic (exact) mass is 301 g/mol. The van der Waals surface area contributed by atoms with Crippen molar-refractivity contribution in [1.29, 1.82) is 0 Å². The van der Waals surface area contributed by atoms with Gasteiger partial charge in [0, 0.05) is 12.2 Å². The molecule has 1 fully saturated rings. The van der Waals surface area contributed by atoms with Gasteiger partial charge in [0.2, 0.25) is 0 Å². The highest BCUT2D eigenvalue weighted by molar-refractivity contribution is 6.30. The maximum absolute atomic E-state index is 13.2. The largest absolute Gasteiger partial charge is 0.389 e. The molecular weight excluding hydrogens is 281 g/mol. The van der Waals surface area contributed by atoms with Crippen LogP contribution in [-0.2, 0) is 4.74 Å². The van der Waals surface area contributed by atoms with E-state index in [1.165, 1.54) is 31.4 Å². The van der Waals surface area contributed by atoms with Gasteiger partial charge in [-0.3, -0.25) is 0 Å². The molecule has 0 saturated heterocycles. The topological polar surface area (TPSA) is 41.5 Å². The number of aliphatic hydroxyl groups excluding tert-OH is 1. The molecule has 1 aliphatic rings. The molecule has 2 rings (SSSR count). The molecule has 5 heteroatoms. The Kier molecular flexibility index (Phi) is 6.07. The minimum atomic E-state index is -0.601. The van der Waals surface area contributed by atoms with E-state index in [0.717, 1.165) is 12.8 Å². The lowest BCUT2D eigenvalue weighted by Crippen LogP contribution is -2.28. The van der Waals surface area contributed by atoms with Crippen molar-refractivity contribution in [2.75, 3.05) is 18.5 Å². The van der Waals surface area contributed by atoms with E-state index in [4.69, 9.17) is 16.3 Å². The van der Waals surface area contributed by atoms with Crippen molar-refractivity contribution in [3.63, 3.8) is 0 Å². The summed E-state index contributed by atoms with van der Waals surface area (Å²) < 4.78 is 18.9. The highest BCUT2D eigenvalue weighted by Crippen LogP contribution is 2.21. The number of aliphatic hydroxyl groups is 1. The summed E-state index contributed by atoms with van der Waals surface area (Å²) in [5.74, 6) is -0.468. The van der Waals surface area contributed by atoms with Crippen LogP contribution in [0.25, 0.3) is 0 Å². The summed E-state index contributed by atoms with van der Waals surface area (Å²) in [5.41, 5.74) is 0.601. The second kappa shape index (κ2) is 7.81. The Morgan fingerprint density at radius 2 is 2.10 bits per heavy atom. The third-order valence-corrected chi connectivity index (χ3v) is 3.84. The van der Waals surface area contributed by atoms with E-state index in [1.54, 1.807) is 6.07 Å². The maximum atomic E-state index is 13.2. The van der Waals surface area contributed by atoms with Crippen LogP contribution in [0, 0.1) is 5.82 Å². The number of ether oxygens (including phenoxy) is 1. The van der Waals surface area contributed by atoms with Crippen molar-refractivity contribution in [1.82, 2.24) is 0 Å². The van der Waals surface area contributed by atoms with Crippen LogP contribution in [0.1, 0.15) is 32.1 Å². The molecule has 0 aliphatic heterocycles. The van der Waals surface area contributed by atoms with Crippen LogP contribution in [0.2, 0.25) is 5.02 Å². The van der Waals surface area contributed by atoms with Crippen LogP contribution >= 0.6 is 11.6 Å². The molecule has 1 atom stereocenters. The van der Waals surface area contributed by atoms with E-state index in [2.05, 4.69) is 5.32 Å². The van der Waals surface area contributed by atoms with Gasteiger partial charge in [0.15, 0.2) is 0 Å². The molecule has 0 heterocycles. The number of hydrogen-bond acceptors (Lipinski definition) is 3. The van der Waals surface area contributed by atoms with Gasteiger partial charge in [-0.05, 0) is 31.0 Å². The predicted octanol–water partition coefficient (Wildman–Crippen LogP) is 3.60. The van der Waals surface area contributed by atoms with E-state index in [1.807, 2.05) is 0 Å². The normalized spacial score (nSPS) is 17.9. The first-order valence-corrected chi connectivity index (χ1v) is 7.51. The molecule has 20 heavy (non-hydrogen) atoms. The average Bonchev–Trinajstić information content (AvgIpc) is 2.47. The van der Waals surface area contributed by atoms with Gasteiger partial charge in [-0.2, -0.15) is 0 Å². The SMILES string of the molecule is OC(CNc1ccc(Cl)c(F)c1)COC1CCCCC1. The number of anilines is 1.